The van der Waals surface area contributed by atoms with Gasteiger partial charge in [0.1, 0.15) is 6.61 Å². The normalized spacial score (nSPS) is 10.4. The Labute approximate surface area is 143 Å². The molecule has 23 heavy (non-hydrogen) atoms. The Morgan fingerprint density at radius 2 is 1.78 bits per heavy atom. The molecule has 0 spiro atoms. The fourth-order valence-corrected chi connectivity index (χ4v) is 2.04. The molecule has 2 aromatic rings. The monoisotopic (exact) mass is 356 g/mol. The SMILES string of the molecule is COCCN(C(=O)OCc1ccccc1)c1nc(Cl)nc(Cl)n1. The number of ether oxygens (including phenoxy) is 2. The lowest BCUT2D eigenvalue weighted by Gasteiger charge is -2.19. The van der Waals surface area contributed by atoms with E-state index in [0.29, 0.717) is 0 Å². The van der Waals surface area contributed by atoms with E-state index in [1.807, 2.05) is 30.3 Å². The minimum absolute atomic E-state index is 0.00473. The topological polar surface area (TPSA) is 77.4 Å². The average Bonchev–Trinajstić information content (AvgIpc) is 2.53. The van der Waals surface area contributed by atoms with Crippen LogP contribution in [-0.4, -0.2) is 41.3 Å². The highest BCUT2D eigenvalue weighted by atomic mass is 35.5. The van der Waals surface area contributed by atoms with E-state index in [1.54, 1.807) is 0 Å². The van der Waals surface area contributed by atoms with Gasteiger partial charge in [0, 0.05) is 7.11 Å². The number of halogens is 2. The fourth-order valence-electron chi connectivity index (χ4n) is 1.69. The van der Waals surface area contributed by atoms with Gasteiger partial charge in [0.25, 0.3) is 0 Å². The summed E-state index contributed by atoms with van der Waals surface area (Å²) in [5.74, 6) is 0.00473. The predicted octanol–water partition coefficient (Wildman–Crippen LogP) is 2.97. The van der Waals surface area contributed by atoms with Crippen molar-refractivity contribution in [2.24, 2.45) is 0 Å². The maximum absolute atomic E-state index is 12.3. The first kappa shape index (κ1) is 17.4. The van der Waals surface area contributed by atoms with Gasteiger partial charge in [-0.25, -0.2) is 9.69 Å². The van der Waals surface area contributed by atoms with Gasteiger partial charge in [-0.2, -0.15) is 15.0 Å². The zero-order valence-electron chi connectivity index (χ0n) is 12.3. The molecule has 9 heteroatoms. The Bertz CT molecular complexity index is 637. The lowest BCUT2D eigenvalue weighted by Crippen LogP contribution is -2.36. The van der Waals surface area contributed by atoms with Crippen LogP contribution in [0.5, 0.6) is 0 Å². The van der Waals surface area contributed by atoms with Crippen LogP contribution in [0.2, 0.25) is 10.6 Å². The summed E-state index contributed by atoms with van der Waals surface area (Å²) in [6, 6.07) is 9.30. The van der Waals surface area contributed by atoms with E-state index in [0.717, 1.165) is 5.56 Å². The van der Waals surface area contributed by atoms with Crippen LogP contribution < -0.4 is 4.90 Å². The summed E-state index contributed by atoms with van der Waals surface area (Å²) in [6.45, 7) is 0.567. The van der Waals surface area contributed by atoms with E-state index in [4.69, 9.17) is 32.7 Å². The van der Waals surface area contributed by atoms with Gasteiger partial charge in [0.15, 0.2) is 0 Å². The molecule has 1 amide bonds. The molecule has 122 valence electrons. The number of carbonyl (C=O) groups excluding carboxylic acids is 1. The van der Waals surface area contributed by atoms with Crippen molar-refractivity contribution in [1.29, 1.82) is 0 Å². The molecule has 1 heterocycles. The molecule has 0 radical (unpaired) electrons. The molecule has 1 aromatic heterocycles. The molecular formula is C14H14Cl2N4O3. The number of anilines is 1. The summed E-state index contributed by atoms with van der Waals surface area (Å²) in [5.41, 5.74) is 0.860. The van der Waals surface area contributed by atoms with Crippen molar-refractivity contribution in [3.8, 4) is 0 Å². The number of hydrogen-bond acceptors (Lipinski definition) is 6. The maximum atomic E-state index is 12.3. The van der Waals surface area contributed by atoms with Crippen LogP contribution in [-0.2, 0) is 16.1 Å². The second kappa shape index (κ2) is 8.61. The van der Waals surface area contributed by atoms with Crippen molar-refractivity contribution in [1.82, 2.24) is 15.0 Å². The van der Waals surface area contributed by atoms with Crippen LogP contribution in [0.25, 0.3) is 0 Å². The highest BCUT2D eigenvalue weighted by Gasteiger charge is 2.21. The van der Waals surface area contributed by atoms with Gasteiger partial charge in [-0.15, -0.1) is 0 Å². The predicted molar refractivity (Wildman–Crippen MR) is 85.7 cm³/mol. The fraction of sp³-hybridized carbons (Fsp3) is 0.286. The number of methoxy groups -OCH3 is 1. The van der Waals surface area contributed by atoms with Gasteiger partial charge in [0.2, 0.25) is 16.5 Å². The Kier molecular flexibility index (Phi) is 6.52. The molecule has 0 bridgehead atoms. The summed E-state index contributed by atoms with van der Waals surface area (Å²) in [5, 5.41) is -0.225. The van der Waals surface area contributed by atoms with Crippen molar-refractivity contribution in [2.75, 3.05) is 25.2 Å². The van der Waals surface area contributed by atoms with Crippen molar-refractivity contribution in [2.45, 2.75) is 6.61 Å². The number of benzene rings is 1. The molecule has 0 saturated heterocycles. The second-order valence-electron chi connectivity index (χ2n) is 4.36. The van der Waals surface area contributed by atoms with Crippen molar-refractivity contribution in [3.05, 3.63) is 46.5 Å². The Morgan fingerprint density at radius 1 is 1.13 bits per heavy atom. The third-order valence-corrected chi connectivity index (χ3v) is 3.09. The molecule has 0 saturated carbocycles. The Hall–Kier alpha value is -1.96. The lowest BCUT2D eigenvalue weighted by molar-refractivity contribution is 0.142. The van der Waals surface area contributed by atoms with E-state index < -0.39 is 6.09 Å². The van der Waals surface area contributed by atoms with E-state index in [1.165, 1.54) is 12.0 Å². The van der Waals surface area contributed by atoms with Crippen LogP contribution in [0.1, 0.15) is 5.56 Å². The third kappa shape index (κ3) is 5.31. The number of aromatic nitrogens is 3. The van der Waals surface area contributed by atoms with Crippen LogP contribution in [0.4, 0.5) is 10.7 Å². The van der Waals surface area contributed by atoms with Crippen molar-refractivity contribution < 1.29 is 14.3 Å². The summed E-state index contributed by atoms with van der Waals surface area (Å²) in [6.07, 6.45) is -0.635. The largest absolute Gasteiger partial charge is 0.444 e. The molecule has 0 fully saturated rings. The third-order valence-electron chi connectivity index (χ3n) is 2.75. The van der Waals surface area contributed by atoms with Crippen LogP contribution in [0.15, 0.2) is 30.3 Å². The van der Waals surface area contributed by atoms with Crippen molar-refractivity contribution >= 4 is 35.2 Å². The number of hydrogen-bond donors (Lipinski definition) is 0. The summed E-state index contributed by atoms with van der Waals surface area (Å²) >= 11 is 11.5. The minimum atomic E-state index is -0.635. The van der Waals surface area contributed by atoms with E-state index in [2.05, 4.69) is 15.0 Å². The molecular weight excluding hydrogens is 343 g/mol. The molecule has 0 aliphatic rings. The van der Waals surface area contributed by atoms with Gasteiger partial charge in [-0.3, -0.25) is 0 Å². The first-order valence-electron chi connectivity index (χ1n) is 6.64. The molecule has 1 aromatic carbocycles. The van der Waals surface area contributed by atoms with E-state index >= 15 is 0 Å². The summed E-state index contributed by atoms with van der Waals surface area (Å²) in [4.78, 5) is 24.9. The number of nitrogens with zero attached hydrogens (tertiary/aromatic N) is 4. The van der Waals surface area contributed by atoms with Crippen molar-refractivity contribution in [3.63, 3.8) is 0 Å². The lowest BCUT2D eigenvalue weighted by atomic mass is 10.2. The molecule has 0 N–H and O–H groups in total. The highest BCUT2D eigenvalue weighted by Crippen LogP contribution is 2.15. The maximum Gasteiger partial charge on any atom is 0.417 e. The zero-order chi connectivity index (χ0) is 16.7. The Morgan fingerprint density at radius 3 is 2.39 bits per heavy atom. The van der Waals surface area contributed by atoms with Crippen LogP contribution in [0, 0.1) is 0 Å². The molecule has 2 rings (SSSR count). The van der Waals surface area contributed by atoms with Crippen LogP contribution in [0.3, 0.4) is 0 Å². The second-order valence-corrected chi connectivity index (χ2v) is 5.03. The number of amides is 1. The Balaban J connectivity index is 2.11. The standard InChI is InChI=1S/C14H14Cl2N4O3/c1-22-8-7-20(13-18-11(15)17-12(16)19-13)14(21)23-9-10-5-3-2-4-6-10/h2-6H,7-9H2,1H3. The zero-order valence-corrected chi connectivity index (χ0v) is 13.8. The van der Waals surface area contributed by atoms with Gasteiger partial charge in [-0.1, -0.05) is 30.3 Å². The quantitative estimate of drug-likeness (QED) is 0.791. The molecule has 0 atom stereocenters. The number of rotatable bonds is 6. The van der Waals surface area contributed by atoms with Gasteiger partial charge in [-0.05, 0) is 28.8 Å². The molecule has 0 unspecified atom stereocenters. The van der Waals surface area contributed by atoms with Gasteiger partial charge in [0.05, 0.1) is 13.2 Å². The minimum Gasteiger partial charge on any atom is -0.444 e. The molecule has 7 nitrogen and oxygen atoms in total. The van der Waals surface area contributed by atoms with E-state index in [9.17, 15) is 4.79 Å². The smallest absolute Gasteiger partial charge is 0.417 e. The summed E-state index contributed by atoms with van der Waals surface area (Å²) < 4.78 is 10.2. The van der Waals surface area contributed by atoms with Gasteiger partial charge >= 0.3 is 6.09 Å². The molecule has 0 aliphatic carbocycles. The first-order valence-corrected chi connectivity index (χ1v) is 7.40. The summed E-state index contributed by atoms with van der Waals surface area (Å²) in [7, 11) is 1.51. The first-order chi connectivity index (χ1) is 11.1. The average molecular weight is 357 g/mol. The highest BCUT2D eigenvalue weighted by molar-refractivity contribution is 6.31. The van der Waals surface area contributed by atoms with E-state index in [-0.39, 0.29) is 36.3 Å². The number of carbonyl (C=O) groups is 1. The van der Waals surface area contributed by atoms with Crippen LogP contribution >= 0.6 is 23.2 Å². The van der Waals surface area contributed by atoms with Gasteiger partial charge < -0.3 is 9.47 Å². The molecule has 0 aliphatic heterocycles.